The molecule has 1 fully saturated rings. The van der Waals surface area contributed by atoms with Gasteiger partial charge in [-0.3, -0.25) is 9.59 Å². The van der Waals surface area contributed by atoms with Crippen LogP contribution in [0, 0.1) is 5.92 Å². The lowest BCUT2D eigenvalue weighted by molar-refractivity contribution is -0.139. The van der Waals surface area contributed by atoms with Gasteiger partial charge in [-0.25, -0.2) is 4.79 Å². The summed E-state index contributed by atoms with van der Waals surface area (Å²) in [6, 6.07) is 4.68. The maximum absolute atomic E-state index is 12.9. The Labute approximate surface area is 164 Å². The molecule has 28 heavy (non-hydrogen) atoms. The van der Waals surface area contributed by atoms with Crippen LogP contribution < -0.4 is 14.8 Å². The molecule has 0 spiro atoms. The number of ether oxygens (including phenoxy) is 2. The molecule has 1 saturated heterocycles. The van der Waals surface area contributed by atoms with E-state index in [0.717, 1.165) is 19.3 Å². The van der Waals surface area contributed by atoms with Crippen molar-refractivity contribution in [1.29, 1.82) is 0 Å². The predicted octanol–water partition coefficient (Wildman–Crippen LogP) is 1.93. The molecule has 2 rings (SSSR count). The van der Waals surface area contributed by atoms with Gasteiger partial charge >= 0.3 is 5.97 Å². The first-order chi connectivity index (χ1) is 13.5. The average Bonchev–Trinajstić information content (AvgIpc) is 2.70. The van der Waals surface area contributed by atoms with Crippen LogP contribution in [0.25, 0.3) is 0 Å². The van der Waals surface area contributed by atoms with Crippen molar-refractivity contribution in [3.05, 3.63) is 23.8 Å². The molecule has 0 aliphatic carbocycles. The van der Waals surface area contributed by atoms with Gasteiger partial charge in [-0.15, -0.1) is 0 Å². The molecule has 1 heterocycles. The van der Waals surface area contributed by atoms with Crippen LogP contribution in [-0.4, -0.2) is 60.6 Å². The van der Waals surface area contributed by atoms with Crippen molar-refractivity contribution < 1.29 is 29.0 Å². The van der Waals surface area contributed by atoms with Gasteiger partial charge in [0.2, 0.25) is 5.91 Å². The number of carbonyl (C=O) groups is 3. The summed E-state index contributed by atoms with van der Waals surface area (Å²) in [6.45, 7) is 5.26. The van der Waals surface area contributed by atoms with E-state index in [0.29, 0.717) is 37.6 Å². The third-order valence-electron chi connectivity index (χ3n) is 4.47. The second-order valence-electron chi connectivity index (χ2n) is 6.66. The first kappa shape index (κ1) is 21.5. The molecule has 154 valence electrons. The van der Waals surface area contributed by atoms with Gasteiger partial charge < -0.3 is 24.8 Å². The van der Waals surface area contributed by atoms with Crippen LogP contribution in [0.4, 0.5) is 0 Å². The molecule has 1 atom stereocenters. The van der Waals surface area contributed by atoms with Gasteiger partial charge in [0, 0.05) is 25.2 Å². The summed E-state index contributed by atoms with van der Waals surface area (Å²) >= 11 is 0. The van der Waals surface area contributed by atoms with Gasteiger partial charge in [0.15, 0.2) is 18.1 Å². The lowest BCUT2D eigenvalue weighted by Crippen LogP contribution is -2.45. The summed E-state index contributed by atoms with van der Waals surface area (Å²) in [5.74, 6) is -0.886. The standard InChI is InChI=1S/C20H28N2O6/c1-3-9-21-19(25)15-6-5-10-22(12-15)20(26)14-7-8-16(28-13-18(23)24)17(11-14)27-4-2/h7-8,11,15H,3-6,9-10,12-13H2,1-2H3,(H,21,25)(H,23,24). The fourth-order valence-corrected chi connectivity index (χ4v) is 3.12. The van der Waals surface area contributed by atoms with Crippen molar-refractivity contribution in [2.75, 3.05) is 32.8 Å². The lowest BCUT2D eigenvalue weighted by atomic mass is 9.96. The Morgan fingerprint density at radius 1 is 1.21 bits per heavy atom. The highest BCUT2D eigenvalue weighted by Gasteiger charge is 2.29. The SMILES string of the molecule is CCCNC(=O)C1CCCN(C(=O)c2ccc(OCC(=O)O)c(OCC)c2)C1. The van der Waals surface area contributed by atoms with Crippen LogP contribution in [0.2, 0.25) is 0 Å². The van der Waals surface area contributed by atoms with E-state index in [-0.39, 0.29) is 23.5 Å². The molecular weight excluding hydrogens is 364 g/mol. The molecule has 0 saturated carbocycles. The number of amides is 2. The monoisotopic (exact) mass is 392 g/mol. The quantitative estimate of drug-likeness (QED) is 0.665. The molecule has 0 radical (unpaired) electrons. The Morgan fingerprint density at radius 2 is 2.00 bits per heavy atom. The molecule has 2 amide bonds. The minimum Gasteiger partial charge on any atom is -0.490 e. The number of hydrogen-bond acceptors (Lipinski definition) is 5. The van der Waals surface area contributed by atoms with Crippen molar-refractivity contribution in [3.8, 4) is 11.5 Å². The van der Waals surface area contributed by atoms with Crippen molar-refractivity contribution in [3.63, 3.8) is 0 Å². The number of hydrogen-bond donors (Lipinski definition) is 2. The molecule has 8 heteroatoms. The van der Waals surface area contributed by atoms with Crippen LogP contribution in [0.1, 0.15) is 43.5 Å². The van der Waals surface area contributed by atoms with Crippen LogP contribution >= 0.6 is 0 Å². The second kappa shape index (κ2) is 10.5. The fourth-order valence-electron chi connectivity index (χ4n) is 3.12. The zero-order valence-corrected chi connectivity index (χ0v) is 16.4. The normalized spacial score (nSPS) is 16.4. The maximum Gasteiger partial charge on any atom is 0.341 e. The topological polar surface area (TPSA) is 105 Å². The molecule has 8 nitrogen and oxygen atoms in total. The lowest BCUT2D eigenvalue weighted by Gasteiger charge is -2.32. The number of benzene rings is 1. The molecule has 1 unspecified atom stereocenters. The third-order valence-corrected chi connectivity index (χ3v) is 4.47. The van der Waals surface area contributed by atoms with E-state index in [1.807, 2.05) is 6.92 Å². The summed E-state index contributed by atoms with van der Waals surface area (Å²) in [4.78, 5) is 37.6. The van der Waals surface area contributed by atoms with Crippen LogP contribution in [0.5, 0.6) is 11.5 Å². The minimum absolute atomic E-state index is 0.00762. The van der Waals surface area contributed by atoms with Crippen molar-refractivity contribution >= 4 is 17.8 Å². The van der Waals surface area contributed by atoms with E-state index in [4.69, 9.17) is 14.6 Å². The Hall–Kier alpha value is -2.77. The van der Waals surface area contributed by atoms with E-state index in [9.17, 15) is 14.4 Å². The summed E-state index contributed by atoms with van der Waals surface area (Å²) in [6.07, 6.45) is 2.41. The van der Waals surface area contributed by atoms with E-state index < -0.39 is 12.6 Å². The number of carboxylic acid groups (broad SMARTS) is 1. The van der Waals surface area contributed by atoms with Crippen molar-refractivity contribution in [1.82, 2.24) is 10.2 Å². The van der Waals surface area contributed by atoms with E-state index in [2.05, 4.69) is 5.32 Å². The second-order valence-corrected chi connectivity index (χ2v) is 6.66. The number of carbonyl (C=O) groups excluding carboxylic acids is 2. The summed E-state index contributed by atoms with van der Waals surface area (Å²) in [5, 5.41) is 11.7. The van der Waals surface area contributed by atoms with Crippen LogP contribution in [0.15, 0.2) is 18.2 Å². The van der Waals surface area contributed by atoms with Crippen LogP contribution in [0.3, 0.4) is 0 Å². The highest BCUT2D eigenvalue weighted by Crippen LogP contribution is 2.29. The number of aliphatic carboxylic acids is 1. The molecule has 1 aliphatic heterocycles. The summed E-state index contributed by atoms with van der Waals surface area (Å²) in [5.41, 5.74) is 0.417. The highest BCUT2D eigenvalue weighted by atomic mass is 16.5. The van der Waals surface area contributed by atoms with Crippen molar-refractivity contribution in [2.45, 2.75) is 33.1 Å². The zero-order valence-electron chi connectivity index (χ0n) is 16.4. The molecular formula is C20H28N2O6. The largest absolute Gasteiger partial charge is 0.490 e. The minimum atomic E-state index is -1.09. The van der Waals surface area contributed by atoms with Crippen molar-refractivity contribution in [2.24, 2.45) is 5.92 Å². The number of carboxylic acids is 1. The first-order valence-corrected chi connectivity index (χ1v) is 9.64. The molecule has 0 bridgehead atoms. The Kier molecular flexibility index (Phi) is 8.10. The molecule has 0 aromatic heterocycles. The predicted molar refractivity (Wildman–Crippen MR) is 103 cm³/mol. The molecule has 1 aliphatic rings. The smallest absolute Gasteiger partial charge is 0.341 e. The third kappa shape index (κ3) is 5.87. The Balaban J connectivity index is 2.10. The fraction of sp³-hybridized carbons (Fsp3) is 0.550. The van der Waals surface area contributed by atoms with Gasteiger partial charge in [-0.05, 0) is 44.4 Å². The summed E-state index contributed by atoms with van der Waals surface area (Å²) < 4.78 is 10.7. The highest BCUT2D eigenvalue weighted by molar-refractivity contribution is 5.95. The Morgan fingerprint density at radius 3 is 2.68 bits per heavy atom. The number of nitrogens with zero attached hydrogens (tertiary/aromatic N) is 1. The van der Waals surface area contributed by atoms with Gasteiger partial charge in [0.25, 0.3) is 5.91 Å². The van der Waals surface area contributed by atoms with Gasteiger partial charge in [0.1, 0.15) is 0 Å². The van der Waals surface area contributed by atoms with Gasteiger partial charge in [-0.2, -0.15) is 0 Å². The molecule has 1 aromatic rings. The van der Waals surface area contributed by atoms with Gasteiger partial charge in [0.05, 0.1) is 12.5 Å². The molecule has 2 N–H and O–H groups in total. The zero-order chi connectivity index (χ0) is 20.5. The Bertz CT molecular complexity index is 706. The van der Waals surface area contributed by atoms with Crippen LogP contribution in [-0.2, 0) is 9.59 Å². The number of rotatable bonds is 9. The first-order valence-electron chi connectivity index (χ1n) is 9.64. The number of piperidine rings is 1. The van der Waals surface area contributed by atoms with E-state index in [1.54, 1.807) is 24.0 Å². The summed E-state index contributed by atoms with van der Waals surface area (Å²) in [7, 11) is 0. The average molecular weight is 392 g/mol. The maximum atomic E-state index is 12.9. The molecule has 1 aromatic carbocycles. The number of likely N-dealkylation sites (tertiary alicyclic amines) is 1. The van der Waals surface area contributed by atoms with E-state index in [1.165, 1.54) is 6.07 Å². The van der Waals surface area contributed by atoms with Gasteiger partial charge in [-0.1, -0.05) is 6.92 Å². The number of nitrogens with one attached hydrogen (secondary N) is 1. The van der Waals surface area contributed by atoms with E-state index >= 15 is 0 Å².